The Bertz CT molecular complexity index is 893. The van der Waals surface area contributed by atoms with Crippen molar-refractivity contribution in [2.24, 2.45) is 0 Å². The molecule has 116 valence electrons. The van der Waals surface area contributed by atoms with Crippen LogP contribution < -0.4 is 10.3 Å². The molecule has 0 unspecified atom stereocenters. The number of benzene rings is 2. The molecular formula is C16H9Cl2FN2O2. The molecule has 0 N–H and O–H groups in total. The lowest BCUT2D eigenvalue weighted by Gasteiger charge is -2.10. The summed E-state index contributed by atoms with van der Waals surface area (Å²) in [4.78, 5) is 12.5. The van der Waals surface area contributed by atoms with Gasteiger partial charge in [0, 0.05) is 5.02 Å². The van der Waals surface area contributed by atoms with E-state index in [0.29, 0.717) is 16.5 Å². The van der Waals surface area contributed by atoms with Gasteiger partial charge >= 0.3 is 5.56 Å². The highest BCUT2D eigenvalue weighted by Crippen LogP contribution is 2.26. The molecule has 3 aromatic rings. The van der Waals surface area contributed by atoms with E-state index in [1.165, 1.54) is 30.5 Å². The lowest BCUT2D eigenvalue weighted by molar-refractivity contribution is 0.468. The number of rotatable bonds is 3. The highest BCUT2D eigenvalue weighted by molar-refractivity contribution is 6.32. The minimum absolute atomic E-state index is 0.0725. The topological polar surface area (TPSA) is 44.1 Å². The predicted octanol–water partition coefficient (Wildman–Crippen LogP) is 4.47. The van der Waals surface area contributed by atoms with E-state index in [9.17, 15) is 9.18 Å². The molecule has 0 amide bonds. The first-order valence-electron chi connectivity index (χ1n) is 6.52. The fraction of sp³-hybridized carbons (Fsp3) is 0. The van der Waals surface area contributed by atoms with E-state index in [1.807, 2.05) is 0 Å². The Morgan fingerprint density at radius 3 is 2.30 bits per heavy atom. The van der Waals surface area contributed by atoms with Crippen molar-refractivity contribution >= 4 is 23.2 Å². The van der Waals surface area contributed by atoms with Gasteiger partial charge in [-0.05, 0) is 48.5 Å². The van der Waals surface area contributed by atoms with Crippen molar-refractivity contribution in [3.63, 3.8) is 0 Å². The molecule has 0 radical (unpaired) electrons. The van der Waals surface area contributed by atoms with Gasteiger partial charge in [0.15, 0.2) is 0 Å². The molecular weight excluding hydrogens is 342 g/mol. The summed E-state index contributed by atoms with van der Waals surface area (Å²) in [5, 5.41) is 4.56. The van der Waals surface area contributed by atoms with Crippen molar-refractivity contribution in [3.05, 3.63) is 80.9 Å². The van der Waals surface area contributed by atoms with Gasteiger partial charge in [-0.1, -0.05) is 23.2 Å². The maximum Gasteiger partial charge on any atom is 0.316 e. The summed E-state index contributed by atoms with van der Waals surface area (Å²) in [5.74, 6) is -0.0769. The molecule has 0 fully saturated rings. The summed E-state index contributed by atoms with van der Waals surface area (Å²) in [5.41, 5.74) is -0.159. The molecule has 0 aliphatic carbocycles. The molecule has 4 nitrogen and oxygen atoms in total. The van der Waals surface area contributed by atoms with Crippen LogP contribution in [-0.2, 0) is 0 Å². The van der Waals surface area contributed by atoms with Crippen molar-refractivity contribution < 1.29 is 9.13 Å². The predicted molar refractivity (Wildman–Crippen MR) is 86.3 cm³/mol. The molecule has 0 aliphatic rings. The average Bonchev–Trinajstić information content (AvgIpc) is 2.54. The first kappa shape index (κ1) is 15.5. The molecule has 3 rings (SSSR count). The molecule has 1 heterocycles. The zero-order valence-corrected chi connectivity index (χ0v) is 13.1. The van der Waals surface area contributed by atoms with E-state index in [0.717, 1.165) is 4.68 Å². The Kier molecular flexibility index (Phi) is 4.32. The lowest BCUT2D eigenvalue weighted by Crippen LogP contribution is -2.22. The van der Waals surface area contributed by atoms with Crippen LogP contribution in [-0.4, -0.2) is 9.78 Å². The maximum atomic E-state index is 13.0. The van der Waals surface area contributed by atoms with Crippen LogP contribution in [0, 0.1) is 5.82 Å². The Labute approximate surface area is 140 Å². The Morgan fingerprint density at radius 1 is 1.00 bits per heavy atom. The Hall–Kier alpha value is -2.37. The third-order valence-electron chi connectivity index (χ3n) is 2.99. The van der Waals surface area contributed by atoms with Gasteiger partial charge in [0.2, 0.25) is 5.75 Å². The summed E-state index contributed by atoms with van der Waals surface area (Å²) >= 11 is 11.8. The van der Waals surface area contributed by atoms with Crippen LogP contribution in [0.2, 0.25) is 10.0 Å². The van der Waals surface area contributed by atoms with E-state index < -0.39 is 11.4 Å². The molecule has 23 heavy (non-hydrogen) atoms. The van der Waals surface area contributed by atoms with Crippen LogP contribution in [0.4, 0.5) is 4.39 Å². The van der Waals surface area contributed by atoms with Gasteiger partial charge in [-0.25, -0.2) is 4.39 Å². The molecule has 0 saturated heterocycles. The van der Waals surface area contributed by atoms with Crippen molar-refractivity contribution in [1.82, 2.24) is 9.78 Å². The minimum atomic E-state index is -0.556. The minimum Gasteiger partial charge on any atom is -0.450 e. The second kappa shape index (κ2) is 6.40. The molecule has 0 spiro atoms. The highest BCUT2D eigenvalue weighted by Gasteiger charge is 2.14. The van der Waals surface area contributed by atoms with Crippen molar-refractivity contribution in [3.8, 4) is 17.2 Å². The number of hydrogen-bond donors (Lipinski definition) is 0. The Morgan fingerprint density at radius 2 is 1.65 bits per heavy atom. The second-order valence-corrected chi connectivity index (χ2v) is 5.41. The summed E-state index contributed by atoms with van der Waals surface area (Å²) in [7, 11) is 0. The quantitative estimate of drug-likeness (QED) is 0.699. The van der Waals surface area contributed by atoms with E-state index in [1.54, 1.807) is 24.3 Å². The standard InChI is InChI=1S/C16H9Cl2FN2O2/c17-10-1-7-13(8-2-10)23-15-14(18)9-20-21(16(15)22)12-5-3-11(19)4-6-12/h1-9H. The number of nitrogens with zero attached hydrogens (tertiary/aromatic N) is 2. The number of halogens is 3. The number of hydrogen-bond acceptors (Lipinski definition) is 3. The fourth-order valence-electron chi connectivity index (χ4n) is 1.90. The molecule has 0 saturated carbocycles. The number of ether oxygens (including phenoxy) is 1. The van der Waals surface area contributed by atoms with Crippen LogP contribution in [0.15, 0.2) is 59.5 Å². The third kappa shape index (κ3) is 3.36. The van der Waals surface area contributed by atoms with Gasteiger partial charge in [-0.2, -0.15) is 9.78 Å². The van der Waals surface area contributed by atoms with Crippen LogP contribution in [0.3, 0.4) is 0 Å². The SMILES string of the molecule is O=c1c(Oc2ccc(Cl)cc2)c(Cl)cnn1-c1ccc(F)cc1. The Balaban J connectivity index is 2.03. The summed E-state index contributed by atoms with van der Waals surface area (Å²) in [6, 6.07) is 11.8. The molecule has 0 aliphatic heterocycles. The average molecular weight is 351 g/mol. The van der Waals surface area contributed by atoms with Crippen LogP contribution in [0.5, 0.6) is 11.5 Å². The monoisotopic (exact) mass is 350 g/mol. The maximum absolute atomic E-state index is 13.0. The van der Waals surface area contributed by atoms with E-state index >= 15 is 0 Å². The molecule has 0 bridgehead atoms. The van der Waals surface area contributed by atoms with Crippen LogP contribution in [0.1, 0.15) is 0 Å². The van der Waals surface area contributed by atoms with Crippen molar-refractivity contribution in [2.75, 3.05) is 0 Å². The first-order chi connectivity index (χ1) is 11.0. The van der Waals surface area contributed by atoms with Gasteiger partial charge in [-0.3, -0.25) is 4.79 Å². The van der Waals surface area contributed by atoms with E-state index in [4.69, 9.17) is 27.9 Å². The molecule has 0 atom stereocenters. The largest absolute Gasteiger partial charge is 0.450 e. The van der Waals surface area contributed by atoms with Gasteiger partial charge in [-0.15, -0.1) is 0 Å². The van der Waals surface area contributed by atoms with Crippen molar-refractivity contribution in [2.45, 2.75) is 0 Å². The van der Waals surface area contributed by atoms with Crippen LogP contribution >= 0.6 is 23.2 Å². The molecule has 7 heteroatoms. The molecule has 1 aromatic heterocycles. The first-order valence-corrected chi connectivity index (χ1v) is 7.27. The second-order valence-electron chi connectivity index (χ2n) is 4.57. The highest BCUT2D eigenvalue weighted by atomic mass is 35.5. The summed E-state index contributed by atoms with van der Waals surface area (Å²) in [6.45, 7) is 0. The number of aromatic nitrogens is 2. The van der Waals surface area contributed by atoms with E-state index in [-0.39, 0.29) is 10.8 Å². The zero-order valence-electron chi connectivity index (χ0n) is 11.5. The van der Waals surface area contributed by atoms with Crippen molar-refractivity contribution in [1.29, 1.82) is 0 Å². The fourth-order valence-corrected chi connectivity index (χ4v) is 2.19. The van der Waals surface area contributed by atoms with E-state index in [2.05, 4.69) is 5.10 Å². The summed E-state index contributed by atoms with van der Waals surface area (Å²) < 4.78 is 19.6. The third-order valence-corrected chi connectivity index (χ3v) is 3.52. The van der Waals surface area contributed by atoms with Gasteiger partial charge in [0.05, 0.1) is 11.9 Å². The normalized spacial score (nSPS) is 10.6. The van der Waals surface area contributed by atoms with Gasteiger partial charge in [0.25, 0.3) is 0 Å². The smallest absolute Gasteiger partial charge is 0.316 e. The lowest BCUT2D eigenvalue weighted by atomic mass is 10.3. The van der Waals surface area contributed by atoms with Gasteiger partial charge < -0.3 is 4.74 Å². The van der Waals surface area contributed by atoms with Crippen LogP contribution in [0.25, 0.3) is 5.69 Å². The molecule has 2 aromatic carbocycles. The van der Waals surface area contributed by atoms with Gasteiger partial charge in [0.1, 0.15) is 16.6 Å². The zero-order chi connectivity index (χ0) is 16.4. The summed E-state index contributed by atoms with van der Waals surface area (Å²) in [6.07, 6.45) is 1.29.